The van der Waals surface area contributed by atoms with E-state index >= 15 is 0 Å². The second kappa shape index (κ2) is 7.22. The third-order valence-corrected chi connectivity index (χ3v) is 4.12. The highest BCUT2D eigenvalue weighted by Crippen LogP contribution is 2.16. The SMILES string of the molecule is CCC1NC(CC)N(CCCN2CCOCC2)C1=O. The zero-order valence-electron chi connectivity index (χ0n) is 12.2. The van der Waals surface area contributed by atoms with Crippen LogP contribution in [0.2, 0.25) is 0 Å². The van der Waals surface area contributed by atoms with Gasteiger partial charge in [0, 0.05) is 26.2 Å². The average Bonchev–Trinajstić information content (AvgIpc) is 2.76. The Kier molecular flexibility index (Phi) is 5.60. The third-order valence-electron chi connectivity index (χ3n) is 4.12. The van der Waals surface area contributed by atoms with Gasteiger partial charge in [0.2, 0.25) is 5.91 Å². The van der Waals surface area contributed by atoms with Crippen LogP contribution in [0.15, 0.2) is 0 Å². The van der Waals surface area contributed by atoms with E-state index in [4.69, 9.17) is 4.74 Å². The van der Waals surface area contributed by atoms with Gasteiger partial charge in [0.1, 0.15) is 0 Å². The van der Waals surface area contributed by atoms with Gasteiger partial charge in [-0.1, -0.05) is 13.8 Å². The van der Waals surface area contributed by atoms with Crippen molar-refractivity contribution in [2.45, 2.75) is 45.3 Å². The molecule has 5 heteroatoms. The number of hydrogen-bond acceptors (Lipinski definition) is 4. The lowest BCUT2D eigenvalue weighted by Gasteiger charge is -2.28. The molecule has 1 N–H and O–H groups in total. The standard InChI is InChI=1S/C14H27N3O2/c1-3-12-14(18)17(13(4-2)15-12)7-5-6-16-8-10-19-11-9-16/h12-13,15H,3-11H2,1-2H3. The van der Waals surface area contributed by atoms with Crippen LogP contribution in [-0.4, -0.2) is 67.3 Å². The molecule has 2 fully saturated rings. The first-order chi connectivity index (χ1) is 9.26. The number of nitrogens with zero attached hydrogens (tertiary/aromatic N) is 2. The second-order valence-electron chi connectivity index (χ2n) is 5.39. The van der Waals surface area contributed by atoms with Crippen molar-refractivity contribution < 1.29 is 9.53 Å². The minimum absolute atomic E-state index is 0.0355. The molecule has 2 atom stereocenters. The van der Waals surface area contributed by atoms with Crippen molar-refractivity contribution in [3.63, 3.8) is 0 Å². The second-order valence-corrected chi connectivity index (χ2v) is 5.39. The van der Waals surface area contributed by atoms with Gasteiger partial charge >= 0.3 is 0 Å². The fraction of sp³-hybridized carbons (Fsp3) is 0.929. The summed E-state index contributed by atoms with van der Waals surface area (Å²) in [6.07, 6.45) is 3.16. The van der Waals surface area contributed by atoms with Crippen molar-refractivity contribution in [3.05, 3.63) is 0 Å². The maximum atomic E-state index is 12.2. The van der Waals surface area contributed by atoms with Crippen LogP contribution in [-0.2, 0) is 9.53 Å². The Morgan fingerprint density at radius 1 is 1.21 bits per heavy atom. The number of hydrogen-bond donors (Lipinski definition) is 1. The van der Waals surface area contributed by atoms with Gasteiger partial charge in [-0.3, -0.25) is 15.0 Å². The third kappa shape index (κ3) is 3.68. The summed E-state index contributed by atoms with van der Waals surface area (Å²) in [4.78, 5) is 16.7. The van der Waals surface area contributed by atoms with Gasteiger partial charge in [-0.2, -0.15) is 0 Å². The largest absolute Gasteiger partial charge is 0.379 e. The van der Waals surface area contributed by atoms with Crippen molar-refractivity contribution >= 4 is 5.91 Å². The summed E-state index contributed by atoms with van der Waals surface area (Å²) in [6, 6.07) is 0.0355. The van der Waals surface area contributed by atoms with Gasteiger partial charge in [-0.25, -0.2) is 0 Å². The fourth-order valence-corrected chi connectivity index (χ4v) is 2.93. The molecule has 0 saturated carbocycles. The van der Waals surface area contributed by atoms with E-state index in [2.05, 4.69) is 24.1 Å². The summed E-state index contributed by atoms with van der Waals surface area (Å²) in [5.74, 6) is 0.288. The normalized spacial score (nSPS) is 29.2. The summed E-state index contributed by atoms with van der Waals surface area (Å²) in [5.41, 5.74) is 0. The lowest BCUT2D eigenvalue weighted by Crippen LogP contribution is -2.41. The van der Waals surface area contributed by atoms with E-state index < -0.39 is 0 Å². The van der Waals surface area contributed by atoms with Gasteiger partial charge in [-0.05, 0) is 19.3 Å². The van der Waals surface area contributed by atoms with Crippen LogP contribution in [0.4, 0.5) is 0 Å². The van der Waals surface area contributed by atoms with Gasteiger partial charge < -0.3 is 9.64 Å². The molecule has 2 rings (SSSR count). The molecule has 0 aliphatic carbocycles. The number of nitrogens with one attached hydrogen (secondary N) is 1. The van der Waals surface area contributed by atoms with E-state index in [0.29, 0.717) is 0 Å². The van der Waals surface area contributed by atoms with Crippen LogP contribution in [0.3, 0.4) is 0 Å². The molecule has 1 amide bonds. The molecule has 110 valence electrons. The zero-order valence-corrected chi connectivity index (χ0v) is 12.2. The molecule has 2 unspecified atom stereocenters. The first-order valence-corrected chi connectivity index (χ1v) is 7.62. The summed E-state index contributed by atoms with van der Waals surface area (Å²) < 4.78 is 5.34. The number of rotatable bonds is 6. The number of morpholine rings is 1. The molecule has 0 bridgehead atoms. The van der Waals surface area contributed by atoms with Crippen LogP contribution < -0.4 is 5.32 Å². The molecule has 19 heavy (non-hydrogen) atoms. The molecule has 2 aliphatic heterocycles. The van der Waals surface area contributed by atoms with Crippen molar-refractivity contribution in [1.29, 1.82) is 0 Å². The van der Waals surface area contributed by atoms with Gasteiger partial charge in [-0.15, -0.1) is 0 Å². The number of carbonyl (C=O) groups is 1. The summed E-state index contributed by atoms with van der Waals surface area (Å²) in [7, 11) is 0. The van der Waals surface area contributed by atoms with Crippen molar-refractivity contribution in [2.75, 3.05) is 39.4 Å². The smallest absolute Gasteiger partial charge is 0.241 e. The molecule has 0 spiro atoms. The van der Waals surface area contributed by atoms with E-state index in [1.54, 1.807) is 0 Å². The Morgan fingerprint density at radius 2 is 1.95 bits per heavy atom. The Labute approximate surface area is 116 Å². The molecular weight excluding hydrogens is 242 g/mol. The number of amides is 1. The topological polar surface area (TPSA) is 44.8 Å². The Balaban J connectivity index is 1.75. The van der Waals surface area contributed by atoms with Crippen LogP contribution in [0.1, 0.15) is 33.1 Å². The highest BCUT2D eigenvalue weighted by atomic mass is 16.5. The molecule has 0 aromatic heterocycles. The zero-order chi connectivity index (χ0) is 13.7. The van der Waals surface area contributed by atoms with Crippen LogP contribution in [0.5, 0.6) is 0 Å². The highest BCUT2D eigenvalue weighted by molar-refractivity contribution is 5.84. The molecule has 5 nitrogen and oxygen atoms in total. The summed E-state index contributed by atoms with van der Waals surface area (Å²) in [5, 5.41) is 3.42. The minimum Gasteiger partial charge on any atom is -0.379 e. The van der Waals surface area contributed by atoms with E-state index in [-0.39, 0.29) is 18.1 Å². The molecule has 2 heterocycles. The van der Waals surface area contributed by atoms with E-state index in [0.717, 1.165) is 58.7 Å². The quantitative estimate of drug-likeness (QED) is 0.769. The number of carbonyl (C=O) groups excluding carboxylic acids is 1. The lowest BCUT2D eigenvalue weighted by molar-refractivity contribution is -0.130. The molecule has 0 aromatic carbocycles. The minimum atomic E-state index is 0.0355. The maximum Gasteiger partial charge on any atom is 0.241 e. The monoisotopic (exact) mass is 269 g/mol. The fourth-order valence-electron chi connectivity index (χ4n) is 2.93. The number of ether oxygens (including phenoxy) is 1. The van der Waals surface area contributed by atoms with Gasteiger partial charge in [0.05, 0.1) is 25.4 Å². The van der Waals surface area contributed by atoms with Gasteiger partial charge in [0.25, 0.3) is 0 Å². The maximum absolute atomic E-state index is 12.2. The van der Waals surface area contributed by atoms with Crippen molar-refractivity contribution in [1.82, 2.24) is 15.1 Å². The molecule has 2 saturated heterocycles. The Morgan fingerprint density at radius 3 is 2.58 bits per heavy atom. The van der Waals surface area contributed by atoms with Crippen LogP contribution in [0.25, 0.3) is 0 Å². The van der Waals surface area contributed by atoms with E-state index in [1.165, 1.54) is 0 Å². The van der Waals surface area contributed by atoms with Gasteiger partial charge in [0.15, 0.2) is 0 Å². The molecule has 2 aliphatic rings. The summed E-state index contributed by atoms with van der Waals surface area (Å²) in [6.45, 7) is 9.90. The van der Waals surface area contributed by atoms with Crippen molar-refractivity contribution in [3.8, 4) is 0 Å². The van der Waals surface area contributed by atoms with E-state index in [1.807, 2.05) is 4.90 Å². The first-order valence-electron chi connectivity index (χ1n) is 7.62. The first kappa shape index (κ1) is 14.8. The van der Waals surface area contributed by atoms with Crippen molar-refractivity contribution in [2.24, 2.45) is 0 Å². The average molecular weight is 269 g/mol. The Bertz CT molecular complexity index is 292. The van der Waals surface area contributed by atoms with Crippen LogP contribution >= 0.6 is 0 Å². The summed E-state index contributed by atoms with van der Waals surface area (Å²) >= 11 is 0. The molecule has 0 aromatic rings. The predicted molar refractivity (Wildman–Crippen MR) is 74.9 cm³/mol. The van der Waals surface area contributed by atoms with Crippen LogP contribution in [0, 0.1) is 0 Å². The van der Waals surface area contributed by atoms with E-state index in [9.17, 15) is 4.79 Å². The Hall–Kier alpha value is -0.650. The highest BCUT2D eigenvalue weighted by Gasteiger charge is 2.36. The predicted octanol–water partition coefficient (Wildman–Crippen LogP) is 0.655. The lowest BCUT2D eigenvalue weighted by atomic mass is 10.2. The molecule has 0 radical (unpaired) electrons. The molecular formula is C14H27N3O2.